The monoisotopic (exact) mass is 301 g/mol. The summed E-state index contributed by atoms with van der Waals surface area (Å²) in [4.78, 5) is 20.0. The summed E-state index contributed by atoms with van der Waals surface area (Å²) in [5, 5.41) is 4.47. The molecule has 2 aromatic heterocycles. The second kappa shape index (κ2) is 5.84. The van der Waals surface area contributed by atoms with Gasteiger partial charge in [-0.2, -0.15) is 5.10 Å². The van der Waals surface area contributed by atoms with Crippen LogP contribution in [-0.2, 0) is 16.0 Å². The molecule has 0 aromatic carbocycles. The summed E-state index contributed by atoms with van der Waals surface area (Å²) in [6.07, 6.45) is 2.71. The molecular formula is C15H19N5O2. The number of aromatic nitrogens is 4. The van der Waals surface area contributed by atoms with Gasteiger partial charge in [-0.15, -0.1) is 0 Å². The fraction of sp³-hybridized carbons (Fsp3) is 0.467. The largest absolute Gasteiger partial charge is 0.379 e. The highest BCUT2D eigenvalue weighted by molar-refractivity contribution is 5.75. The summed E-state index contributed by atoms with van der Waals surface area (Å²) in [6.45, 7) is 5.28. The van der Waals surface area contributed by atoms with E-state index in [0.29, 0.717) is 19.0 Å². The Hall–Kier alpha value is -2.28. The van der Waals surface area contributed by atoms with Gasteiger partial charge < -0.3 is 10.5 Å². The second-order valence-corrected chi connectivity index (χ2v) is 5.60. The van der Waals surface area contributed by atoms with Crippen molar-refractivity contribution >= 4 is 5.91 Å². The van der Waals surface area contributed by atoms with Crippen molar-refractivity contribution in [3.8, 4) is 11.4 Å². The molecule has 2 aromatic rings. The van der Waals surface area contributed by atoms with E-state index in [1.807, 2.05) is 24.6 Å². The number of pyridine rings is 1. The third-order valence-corrected chi connectivity index (χ3v) is 3.75. The summed E-state index contributed by atoms with van der Waals surface area (Å²) in [6, 6.07) is 2.14. The summed E-state index contributed by atoms with van der Waals surface area (Å²) >= 11 is 0. The molecule has 0 spiro atoms. The van der Waals surface area contributed by atoms with Crippen LogP contribution in [-0.4, -0.2) is 38.9 Å². The molecule has 0 aliphatic carbocycles. The lowest BCUT2D eigenvalue weighted by Gasteiger charge is -2.12. The average Bonchev–Trinajstić information content (AvgIpc) is 3.07. The zero-order valence-electron chi connectivity index (χ0n) is 12.7. The van der Waals surface area contributed by atoms with E-state index in [1.165, 1.54) is 0 Å². The van der Waals surface area contributed by atoms with E-state index < -0.39 is 5.91 Å². The van der Waals surface area contributed by atoms with Gasteiger partial charge in [0.25, 0.3) is 0 Å². The minimum Gasteiger partial charge on any atom is -0.379 e. The van der Waals surface area contributed by atoms with Crippen molar-refractivity contribution in [2.75, 3.05) is 13.2 Å². The van der Waals surface area contributed by atoms with Gasteiger partial charge in [-0.3, -0.25) is 9.78 Å². The van der Waals surface area contributed by atoms with Crippen LogP contribution in [0.15, 0.2) is 12.3 Å². The van der Waals surface area contributed by atoms with Gasteiger partial charge in [0.2, 0.25) is 5.91 Å². The maximum Gasteiger partial charge on any atom is 0.225 e. The van der Waals surface area contributed by atoms with Crippen LogP contribution in [0.3, 0.4) is 0 Å². The molecule has 1 unspecified atom stereocenters. The fourth-order valence-corrected chi connectivity index (χ4v) is 2.68. The van der Waals surface area contributed by atoms with Gasteiger partial charge in [0.15, 0.2) is 11.6 Å². The number of rotatable bonds is 4. The molecule has 2 N–H and O–H groups in total. The Bertz CT molecular complexity index is 704. The first-order chi connectivity index (χ1) is 10.5. The Balaban J connectivity index is 2.07. The van der Waals surface area contributed by atoms with Crippen molar-refractivity contribution < 1.29 is 9.53 Å². The number of nitrogens with zero attached hydrogens (tertiary/aromatic N) is 4. The van der Waals surface area contributed by atoms with Crippen LogP contribution in [0.25, 0.3) is 11.4 Å². The number of hydrogen-bond donors (Lipinski definition) is 1. The van der Waals surface area contributed by atoms with Crippen molar-refractivity contribution in [3.63, 3.8) is 0 Å². The number of hydrogen-bond acceptors (Lipinski definition) is 5. The quantitative estimate of drug-likeness (QED) is 0.907. The van der Waals surface area contributed by atoms with Crippen LogP contribution in [0.5, 0.6) is 0 Å². The highest BCUT2D eigenvalue weighted by Crippen LogP contribution is 2.27. The van der Waals surface area contributed by atoms with Crippen LogP contribution < -0.4 is 5.73 Å². The highest BCUT2D eigenvalue weighted by atomic mass is 16.5. The van der Waals surface area contributed by atoms with E-state index in [0.717, 1.165) is 29.1 Å². The molecule has 1 aliphatic heterocycles. The minimum absolute atomic E-state index is 0.0336. The van der Waals surface area contributed by atoms with Gasteiger partial charge in [-0.25, -0.2) is 9.67 Å². The number of carbonyl (C=O) groups is 1. The Kier molecular flexibility index (Phi) is 3.89. The van der Waals surface area contributed by atoms with E-state index in [9.17, 15) is 4.79 Å². The third-order valence-electron chi connectivity index (χ3n) is 3.75. The van der Waals surface area contributed by atoms with Gasteiger partial charge in [0.1, 0.15) is 0 Å². The van der Waals surface area contributed by atoms with E-state index in [2.05, 4.69) is 15.1 Å². The smallest absolute Gasteiger partial charge is 0.225 e. The summed E-state index contributed by atoms with van der Waals surface area (Å²) in [5.41, 5.74) is 8.21. The maximum absolute atomic E-state index is 11.2. The Morgan fingerprint density at radius 2 is 2.32 bits per heavy atom. The van der Waals surface area contributed by atoms with Crippen molar-refractivity contribution in [3.05, 3.63) is 29.3 Å². The molecule has 0 radical (unpaired) electrons. The van der Waals surface area contributed by atoms with Crippen LogP contribution in [0, 0.1) is 13.8 Å². The van der Waals surface area contributed by atoms with Gasteiger partial charge in [0.05, 0.1) is 19.1 Å². The fourth-order valence-electron chi connectivity index (χ4n) is 2.68. The lowest BCUT2D eigenvalue weighted by Crippen LogP contribution is -2.16. The van der Waals surface area contributed by atoms with Gasteiger partial charge in [-0.05, 0) is 31.9 Å². The number of aryl methyl sites for hydroxylation is 2. The Labute approximate surface area is 128 Å². The number of nitrogens with two attached hydrogens (primary N) is 1. The number of ether oxygens (including phenoxy) is 1. The SMILES string of the molecule is Cc1cc(C)c(-c2nc(CC(N)=O)nn2C2CCOC2)cn1. The van der Waals surface area contributed by atoms with Crippen molar-refractivity contribution in [2.45, 2.75) is 32.7 Å². The van der Waals surface area contributed by atoms with E-state index in [1.54, 1.807) is 6.20 Å². The second-order valence-electron chi connectivity index (χ2n) is 5.60. The number of primary amides is 1. The zero-order valence-corrected chi connectivity index (χ0v) is 12.7. The summed E-state index contributed by atoms with van der Waals surface area (Å²) < 4.78 is 7.30. The molecule has 1 amide bonds. The first kappa shape index (κ1) is 14.6. The van der Waals surface area contributed by atoms with Crippen molar-refractivity contribution in [2.24, 2.45) is 5.73 Å². The normalized spacial score (nSPS) is 17.8. The predicted molar refractivity (Wildman–Crippen MR) is 80.1 cm³/mol. The summed E-state index contributed by atoms with van der Waals surface area (Å²) in [5.74, 6) is 0.719. The molecule has 22 heavy (non-hydrogen) atoms. The molecule has 1 fully saturated rings. The molecule has 1 atom stereocenters. The van der Waals surface area contributed by atoms with E-state index in [-0.39, 0.29) is 12.5 Å². The first-order valence-electron chi connectivity index (χ1n) is 7.29. The van der Waals surface area contributed by atoms with Crippen LogP contribution >= 0.6 is 0 Å². The minimum atomic E-state index is -0.440. The van der Waals surface area contributed by atoms with E-state index >= 15 is 0 Å². The average molecular weight is 301 g/mol. The maximum atomic E-state index is 11.2. The standard InChI is InChI=1S/C15H19N5O2/c1-9-5-10(2)17-7-12(9)15-18-14(6-13(16)21)19-20(15)11-3-4-22-8-11/h5,7,11H,3-4,6,8H2,1-2H3,(H2,16,21). The topological polar surface area (TPSA) is 95.9 Å². The molecule has 116 valence electrons. The molecule has 1 saturated heterocycles. The van der Waals surface area contributed by atoms with Gasteiger partial charge in [0, 0.05) is 24.1 Å². The molecule has 1 aliphatic rings. The van der Waals surface area contributed by atoms with Crippen molar-refractivity contribution in [1.82, 2.24) is 19.7 Å². The van der Waals surface area contributed by atoms with Crippen molar-refractivity contribution in [1.29, 1.82) is 0 Å². The van der Waals surface area contributed by atoms with Crippen LogP contribution in [0.1, 0.15) is 29.5 Å². The zero-order chi connectivity index (χ0) is 15.7. The molecule has 3 heterocycles. The molecule has 0 saturated carbocycles. The number of carbonyl (C=O) groups excluding carboxylic acids is 1. The molecule has 0 bridgehead atoms. The lowest BCUT2D eigenvalue weighted by atomic mass is 10.1. The molecule has 7 heteroatoms. The summed E-state index contributed by atoms with van der Waals surface area (Å²) in [7, 11) is 0. The molecule has 7 nitrogen and oxygen atoms in total. The Morgan fingerprint density at radius 3 is 2.95 bits per heavy atom. The Morgan fingerprint density at radius 1 is 1.50 bits per heavy atom. The molecule has 3 rings (SSSR count). The van der Waals surface area contributed by atoms with E-state index in [4.69, 9.17) is 10.5 Å². The van der Waals surface area contributed by atoms with Crippen LogP contribution in [0.4, 0.5) is 0 Å². The first-order valence-corrected chi connectivity index (χ1v) is 7.29. The van der Waals surface area contributed by atoms with Gasteiger partial charge >= 0.3 is 0 Å². The number of amides is 1. The predicted octanol–water partition coefficient (Wildman–Crippen LogP) is 0.946. The third kappa shape index (κ3) is 2.85. The van der Waals surface area contributed by atoms with Gasteiger partial charge in [-0.1, -0.05) is 0 Å². The molecular weight excluding hydrogens is 282 g/mol. The van der Waals surface area contributed by atoms with Crippen LogP contribution in [0.2, 0.25) is 0 Å². The lowest BCUT2D eigenvalue weighted by molar-refractivity contribution is -0.117. The highest BCUT2D eigenvalue weighted by Gasteiger charge is 2.25.